The Morgan fingerprint density at radius 2 is 2.27 bits per heavy atom. The molecule has 0 bridgehead atoms. The van der Waals surface area contributed by atoms with Crippen LogP contribution in [0.25, 0.3) is 0 Å². The molecule has 1 aliphatic rings. The second-order valence-electron chi connectivity index (χ2n) is 4.12. The van der Waals surface area contributed by atoms with Gasteiger partial charge in [-0.2, -0.15) is 0 Å². The first-order chi connectivity index (χ1) is 7.26. The van der Waals surface area contributed by atoms with Crippen molar-refractivity contribution in [1.29, 1.82) is 0 Å². The highest BCUT2D eigenvalue weighted by Gasteiger charge is 2.37. The van der Waals surface area contributed by atoms with Crippen LogP contribution in [-0.4, -0.2) is 50.2 Å². The van der Waals surface area contributed by atoms with Gasteiger partial charge in [-0.05, 0) is 33.2 Å². The van der Waals surface area contributed by atoms with Crippen molar-refractivity contribution < 1.29 is 14.6 Å². The van der Waals surface area contributed by atoms with Crippen LogP contribution in [0.4, 0.5) is 0 Å². The van der Waals surface area contributed by atoms with Crippen molar-refractivity contribution >= 4 is 0 Å². The van der Waals surface area contributed by atoms with E-state index in [4.69, 9.17) is 9.47 Å². The van der Waals surface area contributed by atoms with Crippen LogP contribution in [0.2, 0.25) is 0 Å². The Morgan fingerprint density at radius 1 is 1.47 bits per heavy atom. The molecule has 0 heterocycles. The van der Waals surface area contributed by atoms with Crippen molar-refractivity contribution in [3.05, 3.63) is 0 Å². The Hall–Kier alpha value is -0.160. The van der Waals surface area contributed by atoms with Crippen LogP contribution < -0.4 is 5.32 Å². The zero-order valence-electron chi connectivity index (χ0n) is 9.79. The smallest absolute Gasteiger partial charge is 0.0704 e. The van der Waals surface area contributed by atoms with E-state index in [-0.39, 0.29) is 18.2 Å². The molecule has 0 aromatic rings. The maximum Gasteiger partial charge on any atom is 0.0704 e. The van der Waals surface area contributed by atoms with Crippen molar-refractivity contribution in [2.75, 3.05) is 33.5 Å². The lowest BCUT2D eigenvalue weighted by atomic mass is 9.99. The zero-order chi connectivity index (χ0) is 11.1. The molecule has 2 atom stereocenters. The predicted octanol–water partition coefficient (Wildman–Crippen LogP) is 0.542. The molecule has 1 aliphatic carbocycles. The highest BCUT2D eigenvalue weighted by Crippen LogP contribution is 2.31. The summed E-state index contributed by atoms with van der Waals surface area (Å²) in [5, 5.41) is 12.5. The number of hydrogen-bond donors (Lipinski definition) is 2. The molecule has 0 spiro atoms. The zero-order valence-corrected chi connectivity index (χ0v) is 9.79. The minimum absolute atomic E-state index is 0.115. The average molecular weight is 217 g/mol. The van der Waals surface area contributed by atoms with Gasteiger partial charge in [0.2, 0.25) is 0 Å². The molecule has 0 amide bonds. The van der Waals surface area contributed by atoms with E-state index in [1.807, 2.05) is 14.0 Å². The summed E-state index contributed by atoms with van der Waals surface area (Å²) in [4.78, 5) is 0. The quantitative estimate of drug-likeness (QED) is 0.611. The van der Waals surface area contributed by atoms with Crippen LogP contribution in [0.15, 0.2) is 0 Å². The van der Waals surface area contributed by atoms with E-state index in [1.54, 1.807) is 0 Å². The molecule has 0 saturated heterocycles. The molecule has 1 saturated carbocycles. The Morgan fingerprint density at radius 3 is 2.80 bits per heavy atom. The Bertz CT molecular complexity index is 171. The predicted molar refractivity (Wildman–Crippen MR) is 59.0 cm³/mol. The first-order valence-electron chi connectivity index (χ1n) is 5.75. The molecule has 0 aromatic heterocycles. The van der Waals surface area contributed by atoms with Gasteiger partial charge in [0, 0.05) is 12.1 Å². The lowest BCUT2D eigenvalue weighted by molar-refractivity contribution is 0.00561. The fourth-order valence-electron chi connectivity index (χ4n) is 2.09. The summed E-state index contributed by atoms with van der Waals surface area (Å²) in [6.07, 6.45) is 3.17. The first-order valence-corrected chi connectivity index (χ1v) is 5.75. The molecule has 2 unspecified atom stereocenters. The van der Waals surface area contributed by atoms with Crippen molar-refractivity contribution in [3.63, 3.8) is 0 Å². The van der Waals surface area contributed by atoms with Crippen LogP contribution in [0.3, 0.4) is 0 Å². The summed E-state index contributed by atoms with van der Waals surface area (Å²) in [5.41, 5.74) is -0.115. The molecule has 0 aliphatic heterocycles. The fourth-order valence-corrected chi connectivity index (χ4v) is 2.09. The summed E-state index contributed by atoms with van der Waals surface area (Å²) in [5.74, 6) is 0. The van der Waals surface area contributed by atoms with Gasteiger partial charge in [0.1, 0.15) is 0 Å². The summed E-state index contributed by atoms with van der Waals surface area (Å²) in [7, 11) is 1.90. The van der Waals surface area contributed by atoms with Crippen molar-refractivity contribution in [3.8, 4) is 0 Å². The molecule has 2 N–H and O–H groups in total. The molecular formula is C11H23NO3. The standard InChI is InChI=1S/C11H23NO3/c1-3-14-6-7-15-10-4-5-11(8-10,9-13)12-2/h10,12-13H,3-9H2,1-2H3. The third-order valence-electron chi connectivity index (χ3n) is 3.18. The molecule has 4 heteroatoms. The second kappa shape index (κ2) is 6.43. The van der Waals surface area contributed by atoms with Crippen LogP contribution in [0.1, 0.15) is 26.2 Å². The van der Waals surface area contributed by atoms with E-state index in [0.29, 0.717) is 13.2 Å². The molecule has 0 aromatic carbocycles. The number of nitrogens with one attached hydrogen (secondary N) is 1. The maximum absolute atomic E-state index is 9.30. The van der Waals surface area contributed by atoms with Gasteiger partial charge in [-0.3, -0.25) is 0 Å². The number of rotatable bonds is 7. The molecule has 1 fully saturated rings. The van der Waals surface area contributed by atoms with Gasteiger partial charge in [0.25, 0.3) is 0 Å². The Kier molecular flexibility index (Phi) is 5.53. The number of aliphatic hydroxyl groups excluding tert-OH is 1. The number of ether oxygens (including phenoxy) is 2. The van der Waals surface area contributed by atoms with Gasteiger partial charge in [-0.15, -0.1) is 0 Å². The molecule has 15 heavy (non-hydrogen) atoms. The van der Waals surface area contributed by atoms with Gasteiger partial charge in [0.15, 0.2) is 0 Å². The molecular weight excluding hydrogens is 194 g/mol. The Labute approximate surface area is 92.0 Å². The topological polar surface area (TPSA) is 50.7 Å². The lowest BCUT2D eigenvalue weighted by Crippen LogP contribution is -2.44. The van der Waals surface area contributed by atoms with Crippen LogP contribution in [-0.2, 0) is 9.47 Å². The SMILES string of the molecule is CCOCCOC1CCC(CO)(NC)C1. The van der Waals surface area contributed by atoms with E-state index < -0.39 is 0 Å². The van der Waals surface area contributed by atoms with Crippen molar-refractivity contribution in [2.24, 2.45) is 0 Å². The van der Waals surface area contributed by atoms with E-state index >= 15 is 0 Å². The number of hydrogen-bond acceptors (Lipinski definition) is 4. The summed E-state index contributed by atoms with van der Waals surface area (Å²) in [6.45, 7) is 4.23. The highest BCUT2D eigenvalue weighted by atomic mass is 16.5. The van der Waals surface area contributed by atoms with E-state index in [9.17, 15) is 5.11 Å². The molecule has 4 nitrogen and oxygen atoms in total. The third-order valence-corrected chi connectivity index (χ3v) is 3.18. The molecule has 1 rings (SSSR count). The summed E-state index contributed by atoms with van der Waals surface area (Å²) < 4.78 is 10.9. The average Bonchev–Trinajstić information content (AvgIpc) is 2.69. The van der Waals surface area contributed by atoms with Gasteiger partial charge < -0.3 is 19.9 Å². The lowest BCUT2D eigenvalue weighted by Gasteiger charge is -2.26. The van der Waals surface area contributed by atoms with Crippen LogP contribution in [0.5, 0.6) is 0 Å². The van der Waals surface area contributed by atoms with Crippen LogP contribution >= 0.6 is 0 Å². The van der Waals surface area contributed by atoms with Gasteiger partial charge >= 0.3 is 0 Å². The normalized spacial score (nSPS) is 31.0. The minimum atomic E-state index is -0.115. The number of likely N-dealkylation sites (N-methyl/N-ethyl adjacent to an activating group) is 1. The monoisotopic (exact) mass is 217 g/mol. The first kappa shape index (κ1) is 12.9. The Balaban J connectivity index is 2.18. The van der Waals surface area contributed by atoms with Crippen molar-refractivity contribution in [2.45, 2.75) is 37.8 Å². The van der Waals surface area contributed by atoms with Crippen molar-refractivity contribution in [1.82, 2.24) is 5.32 Å². The molecule has 0 radical (unpaired) electrons. The minimum Gasteiger partial charge on any atom is -0.394 e. The number of aliphatic hydroxyl groups is 1. The van der Waals surface area contributed by atoms with Crippen LogP contribution in [0, 0.1) is 0 Å². The van der Waals surface area contributed by atoms with E-state index in [2.05, 4.69) is 5.32 Å². The fraction of sp³-hybridized carbons (Fsp3) is 1.00. The maximum atomic E-state index is 9.30. The van der Waals surface area contributed by atoms with Gasteiger partial charge in [-0.1, -0.05) is 0 Å². The van der Waals surface area contributed by atoms with E-state index in [1.165, 1.54) is 0 Å². The largest absolute Gasteiger partial charge is 0.394 e. The van der Waals surface area contributed by atoms with E-state index in [0.717, 1.165) is 25.9 Å². The second-order valence-corrected chi connectivity index (χ2v) is 4.12. The summed E-state index contributed by atoms with van der Waals surface area (Å²) >= 11 is 0. The summed E-state index contributed by atoms with van der Waals surface area (Å²) in [6, 6.07) is 0. The third kappa shape index (κ3) is 3.72. The highest BCUT2D eigenvalue weighted by molar-refractivity contribution is 4.95. The van der Waals surface area contributed by atoms with Gasteiger partial charge in [-0.25, -0.2) is 0 Å². The molecule has 90 valence electrons. The van der Waals surface area contributed by atoms with Gasteiger partial charge in [0.05, 0.1) is 25.9 Å².